The number of halogens is 1. The van der Waals surface area contributed by atoms with Crippen molar-refractivity contribution >= 4 is 19.4 Å². The zero-order valence-electron chi connectivity index (χ0n) is 4.59. The van der Waals surface area contributed by atoms with Crippen molar-refractivity contribution in [3.63, 3.8) is 0 Å². The highest BCUT2D eigenvalue weighted by molar-refractivity contribution is 6.44. The maximum atomic E-state index is 5.72. The number of alkyl halides is 1. The van der Waals surface area contributed by atoms with Crippen molar-refractivity contribution in [3.05, 3.63) is 0 Å². The van der Waals surface area contributed by atoms with E-state index < -0.39 is 0 Å². The molecule has 0 amide bonds. The summed E-state index contributed by atoms with van der Waals surface area (Å²) in [5, 5.41) is 0. The monoisotopic (exact) mass is 104 g/mol. The lowest BCUT2D eigenvalue weighted by molar-refractivity contribution is 0.820. The fraction of sp³-hybridized carbons (Fsp3) is 1.00. The Bertz CT molecular complexity index is 37.3. The summed E-state index contributed by atoms with van der Waals surface area (Å²) in [6.45, 7) is 4.08. The molecule has 0 spiro atoms. The Morgan fingerprint density at radius 1 is 1.83 bits per heavy atom. The predicted octanol–water partition coefficient (Wildman–Crippen LogP) is 0.984. The maximum Gasteiger partial charge on any atom is 0.128 e. The van der Waals surface area contributed by atoms with Gasteiger partial charge in [-0.1, -0.05) is 13.8 Å². The topological polar surface area (TPSA) is 0 Å². The minimum atomic E-state index is 0.0139. The second kappa shape index (κ2) is 1.88. The van der Waals surface area contributed by atoms with Crippen molar-refractivity contribution in [2.24, 2.45) is 0 Å². The van der Waals surface area contributed by atoms with Crippen LogP contribution in [-0.4, -0.2) is 12.6 Å². The van der Waals surface area contributed by atoms with Crippen molar-refractivity contribution in [2.75, 3.05) is 0 Å². The molecule has 0 rings (SSSR count). The Morgan fingerprint density at radius 3 is 2.00 bits per heavy atom. The van der Waals surface area contributed by atoms with Crippen molar-refractivity contribution in [1.82, 2.24) is 0 Å². The van der Waals surface area contributed by atoms with Crippen LogP contribution in [0.3, 0.4) is 0 Å². The number of rotatable bonds is 1. The van der Waals surface area contributed by atoms with Crippen molar-refractivity contribution < 1.29 is 0 Å². The van der Waals surface area contributed by atoms with Crippen LogP contribution in [0.2, 0.25) is 0 Å². The normalized spacial score (nSPS) is 19.8. The van der Waals surface area contributed by atoms with Gasteiger partial charge in [0, 0.05) is 4.77 Å². The highest BCUT2D eigenvalue weighted by atomic mass is 35.5. The van der Waals surface area contributed by atoms with Crippen LogP contribution in [0.1, 0.15) is 20.3 Å². The van der Waals surface area contributed by atoms with Gasteiger partial charge in [0.1, 0.15) is 7.85 Å². The molecule has 0 aliphatic heterocycles. The van der Waals surface area contributed by atoms with Crippen molar-refractivity contribution in [2.45, 2.75) is 25.0 Å². The third kappa shape index (κ3) is 4.35. The first-order chi connectivity index (χ1) is 2.56. The SMILES string of the molecule is BC(C)(Cl)CC. The first-order valence-electron chi connectivity index (χ1n) is 2.25. The van der Waals surface area contributed by atoms with E-state index in [9.17, 15) is 0 Å². The Balaban J connectivity index is 3.17. The largest absolute Gasteiger partial charge is 0.130 e. The molecule has 1 unspecified atom stereocenters. The van der Waals surface area contributed by atoms with Gasteiger partial charge >= 0.3 is 0 Å². The Labute approximate surface area is 45.3 Å². The quantitative estimate of drug-likeness (QED) is 0.344. The summed E-state index contributed by atoms with van der Waals surface area (Å²) in [6.07, 6.45) is 1.04. The summed E-state index contributed by atoms with van der Waals surface area (Å²) in [5.74, 6) is 0. The zero-order valence-corrected chi connectivity index (χ0v) is 5.34. The van der Waals surface area contributed by atoms with Crippen molar-refractivity contribution in [3.8, 4) is 0 Å². The predicted molar refractivity (Wildman–Crippen MR) is 33.1 cm³/mol. The number of hydrogen-bond acceptors (Lipinski definition) is 0. The minimum absolute atomic E-state index is 0.0139. The first-order valence-corrected chi connectivity index (χ1v) is 2.63. The average Bonchev–Trinajstić information content (AvgIpc) is 1.35. The van der Waals surface area contributed by atoms with Crippen LogP contribution in [0.15, 0.2) is 0 Å². The molecule has 0 heterocycles. The summed E-state index contributed by atoms with van der Waals surface area (Å²) in [7, 11) is 2.01. The van der Waals surface area contributed by atoms with E-state index in [0.717, 1.165) is 6.42 Å². The van der Waals surface area contributed by atoms with Crippen LogP contribution in [0.4, 0.5) is 0 Å². The van der Waals surface area contributed by atoms with E-state index in [4.69, 9.17) is 11.6 Å². The Morgan fingerprint density at radius 2 is 2.00 bits per heavy atom. The molecule has 2 heteroatoms. The third-order valence-electron chi connectivity index (χ3n) is 0.841. The molecule has 0 aromatic rings. The van der Waals surface area contributed by atoms with Crippen LogP contribution >= 0.6 is 11.6 Å². The van der Waals surface area contributed by atoms with Crippen LogP contribution in [0, 0.1) is 0 Å². The van der Waals surface area contributed by atoms with Gasteiger partial charge in [-0.15, -0.1) is 11.6 Å². The maximum absolute atomic E-state index is 5.72. The van der Waals surface area contributed by atoms with E-state index in [1.807, 2.05) is 14.8 Å². The van der Waals surface area contributed by atoms with E-state index in [0.29, 0.717) is 0 Å². The van der Waals surface area contributed by atoms with Gasteiger partial charge in [-0.25, -0.2) is 0 Å². The molecule has 0 fully saturated rings. The van der Waals surface area contributed by atoms with Gasteiger partial charge in [0.05, 0.1) is 0 Å². The van der Waals surface area contributed by atoms with Gasteiger partial charge in [0.25, 0.3) is 0 Å². The summed E-state index contributed by atoms with van der Waals surface area (Å²) in [4.78, 5) is 0. The molecule has 1 atom stereocenters. The molecule has 0 saturated carbocycles. The standard InChI is InChI=1S/C4H10BCl/c1-3-4(2,5)6/h3,5H2,1-2H3. The second-order valence-electron chi connectivity index (χ2n) is 2.07. The Kier molecular flexibility index (Phi) is 1.99. The molecular weight excluding hydrogens is 94.3 g/mol. The van der Waals surface area contributed by atoms with Gasteiger partial charge < -0.3 is 0 Å². The fourth-order valence-electron chi connectivity index (χ4n) is 0. The van der Waals surface area contributed by atoms with Gasteiger partial charge in [0.15, 0.2) is 0 Å². The molecule has 0 radical (unpaired) electrons. The van der Waals surface area contributed by atoms with E-state index in [1.165, 1.54) is 0 Å². The third-order valence-corrected chi connectivity index (χ3v) is 1.11. The van der Waals surface area contributed by atoms with Gasteiger partial charge in [-0.2, -0.15) is 0 Å². The lowest BCUT2D eigenvalue weighted by Crippen LogP contribution is -2.12. The molecule has 0 bridgehead atoms. The highest BCUT2D eigenvalue weighted by Gasteiger charge is 2.07. The lowest BCUT2D eigenvalue weighted by Gasteiger charge is -2.09. The minimum Gasteiger partial charge on any atom is -0.130 e. The van der Waals surface area contributed by atoms with Gasteiger partial charge in [0.2, 0.25) is 0 Å². The summed E-state index contributed by atoms with van der Waals surface area (Å²) in [5.41, 5.74) is 0. The lowest BCUT2D eigenvalue weighted by atomic mass is 9.86. The smallest absolute Gasteiger partial charge is 0.128 e. The van der Waals surface area contributed by atoms with E-state index in [2.05, 4.69) is 6.92 Å². The second-order valence-corrected chi connectivity index (χ2v) is 3.10. The molecule has 0 nitrogen and oxygen atoms in total. The molecule has 0 aliphatic carbocycles. The van der Waals surface area contributed by atoms with Crippen molar-refractivity contribution in [1.29, 1.82) is 0 Å². The van der Waals surface area contributed by atoms with E-state index >= 15 is 0 Å². The Hall–Kier alpha value is 0.355. The molecule has 0 N–H and O–H groups in total. The summed E-state index contributed by atoms with van der Waals surface area (Å²) in [6, 6.07) is 0. The van der Waals surface area contributed by atoms with E-state index in [1.54, 1.807) is 0 Å². The molecule has 0 aromatic heterocycles. The highest BCUT2D eigenvalue weighted by Crippen LogP contribution is 2.11. The molecule has 6 heavy (non-hydrogen) atoms. The molecular formula is C4H10BCl. The van der Waals surface area contributed by atoms with Crippen LogP contribution < -0.4 is 0 Å². The first kappa shape index (κ1) is 6.35. The van der Waals surface area contributed by atoms with Crippen LogP contribution in [0.5, 0.6) is 0 Å². The summed E-state index contributed by atoms with van der Waals surface area (Å²) >= 11 is 5.72. The zero-order chi connectivity index (χ0) is 5.21. The summed E-state index contributed by atoms with van der Waals surface area (Å²) < 4.78 is 0.0139. The molecule has 0 aromatic carbocycles. The van der Waals surface area contributed by atoms with Gasteiger partial charge in [-0.05, 0) is 6.42 Å². The van der Waals surface area contributed by atoms with E-state index in [-0.39, 0.29) is 4.77 Å². The average molecular weight is 104 g/mol. The fourth-order valence-corrected chi connectivity index (χ4v) is 0. The molecule has 36 valence electrons. The molecule has 0 saturated heterocycles. The van der Waals surface area contributed by atoms with Crippen LogP contribution in [-0.2, 0) is 0 Å². The van der Waals surface area contributed by atoms with Crippen LogP contribution in [0.25, 0.3) is 0 Å². The van der Waals surface area contributed by atoms with Gasteiger partial charge in [-0.3, -0.25) is 0 Å². The number of hydrogen-bond donors (Lipinski definition) is 0. The molecule has 0 aliphatic rings.